The molecule has 3 aromatic rings. The van der Waals surface area contributed by atoms with Crippen LogP contribution in [0, 0.1) is 18.6 Å². The van der Waals surface area contributed by atoms with Gasteiger partial charge < -0.3 is 68.4 Å². The molecule has 0 unspecified atom stereocenters. The van der Waals surface area contributed by atoms with Crippen molar-refractivity contribution in [3.05, 3.63) is 88.1 Å². The van der Waals surface area contributed by atoms with Crippen molar-refractivity contribution in [1.29, 1.82) is 0 Å². The van der Waals surface area contributed by atoms with E-state index in [4.69, 9.17) is 13.9 Å². The second-order valence-corrected chi connectivity index (χ2v) is 11.6. The monoisotopic (exact) mass is 926 g/mol. The molecule has 1 aliphatic carbocycles. The number of rotatable bonds is 16. The van der Waals surface area contributed by atoms with Crippen molar-refractivity contribution in [2.45, 2.75) is 6.92 Å². The van der Waals surface area contributed by atoms with Gasteiger partial charge in [0.1, 0.15) is 41.9 Å². The van der Waals surface area contributed by atoms with E-state index in [1.807, 2.05) is 0 Å². The van der Waals surface area contributed by atoms with E-state index in [9.17, 15) is 58.3 Å². The molecule has 0 aromatic heterocycles. The van der Waals surface area contributed by atoms with Crippen molar-refractivity contribution in [2.24, 2.45) is 0 Å². The summed E-state index contributed by atoms with van der Waals surface area (Å²) in [6, 6.07) is 11.8. The van der Waals surface area contributed by atoms with Gasteiger partial charge in [-0.25, -0.2) is 8.78 Å². The van der Waals surface area contributed by atoms with Gasteiger partial charge in [-0.1, -0.05) is 17.9 Å². The molecule has 3 aromatic carbocycles. The fraction of sp³-hybridized carbons (Fsp3) is 0.194. The Balaban J connectivity index is 0.00000650. The largest absolute Gasteiger partial charge is 1.00 e. The molecule has 0 fully saturated rings. The topological polar surface area (TPSA) is 239 Å². The maximum atomic E-state index is 14.6. The fourth-order valence-corrected chi connectivity index (χ4v) is 5.63. The first-order chi connectivity index (χ1) is 25.1. The van der Waals surface area contributed by atoms with Gasteiger partial charge in [-0.15, -0.1) is 0 Å². The van der Waals surface area contributed by atoms with E-state index in [0.717, 1.165) is 34.1 Å². The van der Waals surface area contributed by atoms with Gasteiger partial charge in [0.25, 0.3) is 0 Å². The fourth-order valence-electron chi connectivity index (χ4n) is 5.63. The normalized spacial score (nSPS) is 10.1. The van der Waals surface area contributed by atoms with Crippen LogP contribution in [0.3, 0.4) is 0 Å². The van der Waals surface area contributed by atoms with Gasteiger partial charge in [-0.2, -0.15) is 0 Å². The molecule has 0 radical (unpaired) electrons. The second kappa shape index (κ2) is 27.6. The summed E-state index contributed by atoms with van der Waals surface area (Å²) in [6.07, 6.45) is 0. The molecular weight excluding hydrogens is 902 g/mol. The number of benzene rings is 4. The number of nitrogens with zero attached hydrogens (tertiary/aromatic N) is 2. The Morgan fingerprint density at radius 1 is 0.655 bits per heavy atom. The number of carbonyl (C=O) groups excluding carboxylic acids is 4. The third-order valence-corrected chi connectivity index (χ3v) is 7.75. The summed E-state index contributed by atoms with van der Waals surface area (Å²) < 4.78 is 46.7. The number of carboxylic acid groups (broad SMARTS) is 4. The van der Waals surface area contributed by atoms with Crippen molar-refractivity contribution < 1.29 is 324 Å². The van der Waals surface area contributed by atoms with Gasteiger partial charge >= 0.3 is 257 Å². The van der Waals surface area contributed by atoms with Crippen LogP contribution < -0.4 is 307 Å². The van der Waals surface area contributed by atoms with Crippen molar-refractivity contribution in [1.82, 2.24) is 0 Å². The Bertz CT molecular complexity index is 2270. The molecule has 5 rings (SSSR count). The maximum Gasteiger partial charge on any atom is 1.00 e. The maximum absolute atomic E-state index is 14.6. The molecule has 0 spiro atoms. The number of aliphatic carboxylic acids is 4. The summed E-state index contributed by atoms with van der Waals surface area (Å²) in [7, 11) is 0. The minimum atomic E-state index is -1.66. The summed E-state index contributed by atoms with van der Waals surface area (Å²) in [5.41, 5.74) is -0.426. The van der Waals surface area contributed by atoms with Crippen LogP contribution in [-0.2, 0) is 19.2 Å². The average molecular weight is 927 g/mol. The first-order valence-corrected chi connectivity index (χ1v) is 15.5. The molecule has 0 amide bonds. The zero-order chi connectivity index (χ0) is 38.6. The molecule has 58 heavy (non-hydrogen) atoms. The Morgan fingerprint density at radius 2 is 1.14 bits per heavy atom. The van der Waals surface area contributed by atoms with E-state index in [1.54, 1.807) is 13.0 Å². The molecule has 276 valence electrons. The third kappa shape index (κ3) is 16.1. The van der Waals surface area contributed by atoms with Crippen molar-refractivity contribution in [3.63, 3.8) is 0 Å². The second-order valence-electron chi connectivity index (χ2n) is 11.6. The number of hydrogen-bond donors (Lipinski definition) is 0. The van der Waals surface area contributed by atoms with E-state index in [2.05, 4.69) is 0 Å². The summed E-state index contributed by atoms with van der Waals surface area (Å²) in [5.74, 6) is -10.2. The molecule has 2 aliphatic rings. The predicted molar refractivity (Wildman–Crippen MR) is 171 cm³/mol. The van der Waals surface area contributed by atoms with Gasteiger partial charge in [0.2, 0.25) is 5.43 Å². The quantitative estimate of drug-likeness (QED) is 0.0508. The average Bonchev–Trinajstić information content (AvgIpc) is 3.06. The molecular formula is C36H25F2K5N2O13. The zero-order valence-electron chi connectivity index (χ0n) is 32.5. The standard InChI is InChI=1S/C36H30F2N2O13.5K/c1-18-2-4-24(39(14-32(43)44)15-33(45)46)30(8-18)51-6-7-52-31-9-19(3-5-25(31)40(16-34(47)48)17-35(49)50)36-20-10-22(37)26(41)12-28(20)53-29-13-27(42)23(38)11-21(29)36;;;;;/h2-5,8-13,41H,6-7,14-17H2,1H3,(H,43,44)(H,45,46)(H,47,48)(H,49,50);;;;;/q;5*+1/p-5. The smallest absolute Gasteiger partial charge is 0.870 e. The van der Waals surface area contributed by atoms with Crippen LogP contribution in [0.2, 0.25) is 0 Å². The number of ether oxygens (including phenoxy) is 2. The van der Waals surface area contributed by atoms with Crippen LogP contribution >= 0.6 is 0 Å². The zero-order valence-corrected chi connectivity index (χ0v) is 48.1. The van der Waals surface area contributed by atoms with Crippen LogP contribution in [0.5, 0.6) is 17.2 Å². The van der Waals surface area contributed by atoms with E-state index in [1.165, 1.54) is 30.3 Å². The predicted octanol–water partition coefficient (Wildman–Crippen LogP) is -16.7. The van der Waals surface area contributed by atoms with Crippen molar-refractivity contribution in [3.8, 4) is 39.7 Å². The SMILES string of the molecule is Cc1ccc(N(CC(=O)[O-])CC(=O)[O-])c(OCCOc2cc(-c3c4cc(F)c(=O)cc-4oc4cc([O-])c(F)cc34)ccc2N(CC(=O)[O-])CC(=O)[O-])c1.[K+].[K+].[K+].[K+].[K+]. The number of fused-ring (bicyclic) bond motifs is 2. The van der Waals surface area contributed by atoms with Crippen LogP contribution in [0.4, 0.5) is 20.2 Å². The number of carboxylic acids is 4. The van der Waals surface area contributed by atoms with E-state index < -0.39 is 72.9 Å². The Morgan fingerprint density at radius 3 is 1.64 bits per heavy atom. The first kappa shape index (κ1) is 59.3. The number of aryl methyl sites for hydroxylation is 1. The molecule has 22 heteroatoms. The molecule has 0 saturated carbocycles. The molecule has 1 aliphatic heterocycles. The van der Waals surface area contributed by atoms with E-state index in [0.29, 0.717) is 5.56 Å². The van der Waals surface area contributed by atoms with Gasteiger partial charge in [0.15, 0.2) is 5.82 Å². The summed E-state index contributed by atoms with van der Waals surface area (Å²) in [5, 5.41) is 58.0. The van der Waals surface area contributed by atoms with E-state index in [-0.39, 0.29) is 326 Å². The van der Waals surface area contributed by atoms with Gasteiger partial charge in [0, 0.05) is 22.6 Å². The minimum Gasteiger partial charge on any atom is -0.870 e. The first-order valence-electron chi connectivity index (χ1n) is 15.5. The number of halogens is 2. The van der Waals surface area contributed by atoms with Crippen molar-refractivity contribution in [2.75, 3.05) is 49.2 Å². The van der Waals surface area contributed by atoms with Crippen LogP contribution in [0.15, 0.2) is 69.9 Å². The van der Waals surface area contributed by atoms with E-state index >= 15 is 0 Å². The molecule has 0 saturated heterocycles. The third-order valence-electron chi connectivity index (χ3n) is 7.75. The molecule has 0 N–H and O–H groups in total. The Labute approximate surface area is 542 Å². The molecule has 1 heterocycles. The van der Waals surface area contributed by atoms with Crippen LogP contribution in [0.25, 0.3) is 33.4 Å². The Kier molecular flexibility index (Phi) is 28.2. The van der Waals surface area contributed by atoms with Crippen LogP contribution in [0.1, 0.15) is 5.56 Å². The number of carbonyl (C=O) groups is 4. The van der Waals surface area contributed by atoms with Crippen molar-refractivity contribution >= 4 is 46.2 Å². The van der Waals surface area contributed by atoms with Gasteiger partial charge in [-0.05, 0) is 60.5 Å². The van der Waals surface area contributed by atoms with Gasteiger partial charge in [-0.3, -0.25) is 4.79 Å². The van der Waals surface area contributed by atoms with Gasteiger partial charge in [0.05, 0.1) is 61.4 Å². The molecule has 0 bridgehead atoms. The molecule has 15 nitrogen and oxygen atoms in total. The van der Waals surface area contributed by atoms with Crippen LogP contribution in [-0.4, -0.2) is 63.3 Å². The number of anilines is 2. The minimum absolute atomic E-state index is 0. The Hall–Kier alpha value is 1.27. The summed E-state index contributed by atoms with van der Waals surface area (Å²) in [4.78, 5) is 59.8. The summed E-state index contributed by atoms with van der Waals surface area (Å²) in [6.45, 7) is -2.49. The molecule has 0 atom stereocenters. The summed E-state index contributed by atoms with van der Waals surface area (Å²) >= 11 is 0. The number of hydrogen-bond acceptors (Lipinski definition) is 15.